The summed E-state index contributed by atoms with van der Waals surface area (Å²) in [4.78, 5) is 12.0. The van der Waals surface area contributed by atoms with Crippen LogP contribution in [0.3, 0.4) is 0 Å². The van der Waals surface area contributed by atoms with Crippen molar-refractivity contribution < 1.29 is 15.0 Å². The molecule has 1 aromatic carbocycles. The first kappa shape index (κ1) is 14.2. The molecular formula is C14H18ClNO3. The van der Waals surface area contributed by atoms with Crippen LogP contribution in [0.4, 0.5) is 0 Å². The quantitative estimate of drug-likeness (QED) is 0.773. The second-order valence-electron chi connectivity index (χ2n) is 5.35. The van der Waals surface area contributed by atoms with Gasteiger partial charge in [0.15, 0.2) is 0 Å². The van der Waals surface area contributed by atoms with Crippen LogP contribution in [-0.2, 0) is 11.2 Å². The Hall–Kier alpha value is -1.26. The van der Waals surface area contributed by atoms with E-state index < -0.39 is 5.54 Å². The highest BCUT2D eigenvalue weighted by molar-refractivity contribution is 6.31. The highest BCUT2D eigenvalue weighted by atomic mass is 35.5. The van der Waals surface area contributed by atoms with Crippen LogP contribution in [0.2, 0.25) is 5.02 Å². The summed E-state index contributed by atoms with van der Waals surface area (Å²) in [5.41, 5.74) is 0.119. The fraction of sp³-hybridized carbons (Fsp3) is 0.500. The van der Waals surface area contributed by atoms with Crippen LogP contribution >= 0.6 is 11.6 Å². The fourth-order valence-corrected chi connectivity index (χ4v) is 2.45. The summed E-state index contributed by atoms with van der Waals surface area (Å²) in [7, 11) is 0. The van der Waals surface area contributed by atoms with Crippen LogP contribution in [0.15, 0.2) is 18.2 Å². The minimum atomic E-state index is -0.541. The molecule has 1 fully saturated rings. The lowest BCUT2D eigenvalue weighted by Gasteiger charge is -2.28. The van der Waals surface area contributed by atoms with Crippen molar-refractivity contribution in [3.63, 3.8) is 0 Å². The molecule has 3 N–H and O–H groups in total. The van der Waals surface area contributed by atoms with Gasteiger partial charge < -0.3 is 15.5 Å². The van der Waals surface area contributed by atoms with Gasteiger partial charge in [-0.3, -0.25) is 4.79 Å². The number of nitrogens with one attached hydrogen (secondary N) is 1. The van der Waals surface area contributed by atoms with Gasteiger partial charge in [0, 0.05) is 5.02 Å². The minimum Gasteiger partial charge on any atom is -0.508 e. The Morgan fingerprint density at radius 2 is 2.21 bits per heavy atom. The first-order valence-corrected chi connectivity index (χ1v) is 6.71. The van der Waals surface area contributed by atoms with Crippen LogP contribution in [0.25, 0.3) is 0 Å². The molecule has 2 rings (SSSR count). The van der Waals surface area contributed by atoms with Crippen LogP contribution in [0.1, 0.15) is 25.3 Å². The third-order valence-electron chi connectivity index (χ3n) is 3.62. The smallest absolute Gasteiger partial charge is 0.224 e. The Balaban J connectivity index is 2.00. The van der Waals surface area contributed by atoms with Crippen LogP contribution in [0, 0.1) is 5.92 Å². The van der Waals surface area contributed by atoms with E-state index in [2.05, 4.69) is 5.32 Å². The maximum atomic E-state index is 12.0. The zero-order chi connectivity index (χ0) is 14.0. The number of benzene rings is 1. The summed E-state index contributed by atoms with van der Waals surface area (Å²) in [6.45, 7) is 1.80. The molecule has 0 saturated heterocycles. The molecule has 1 amide bonds. The van der Waals surface area contributed by atoms with E-state index in [1.54, 1.807) is 6.07 Å². The van der Waals surface area contributed by atoms with E-state index >= 15 is 0 Å². The molecule has 1 saturated carbocycles. The number of rotatable bonds is 5. The molecule has 0 bridgehead atoms. The molecule has 19 heavy (non-hydrogen) atoms. The molecule has 1 unspecified atom stereocenters. The zero-order valence-corrected chi connectivity index (χ0v) is 11.6. The van der Waals surface area contributed by atoms with Crippen molar-refractivity contribution in [2.24, 2.45) is 5.92 Å². The van der Waals surface area contributed by atoms with Crippen molar-refractivity contribution in [1.82, 2.24) is 5.32 Å². The van der Waals surface area contributed by atoms with Gasteiger partial charge in [0.1, 0.15) is 5.75 Å². The first-order chi connectivity index (χ1) is 8.94. The van der Waals surface area contributed by atoms with E-state index in [1.165, 1.54) is 12.1 Å². The van der Waals surface area contributed by atoms with Crippen LogP contribution in [0.5, 0.6) is 5.75 Å². The van der Waals surface area contributed by atoms with Gasteiger partial charge in [0.2, 0.25) is 5.91 Å². The molecule has 1 atom stereocenters. The number of phenols is 1. The van der Waals surface area contributed by atoms with Gasteiger partial charge in [-0.05, 0) is 43.4 Å². The Morgan fingerprint density at radius 1 is 1.53 bits per heavy atom. The predicted octanol–water partition coefficient (Wildman–Crippen LogP) is 1.87. The van der Waals surface area contributed by atoms with Crippen LogP contribution in [-0.4, -0.2) is 28.3 Å². The van der Waals surface area contributed by atoms with Gasteiger partial charge in [-0.15, -0.1) is 0 Å². The Labute approximate surface area is 117 Å². The molecule has 0 aromatic heterocycles. The minimum absolute atomic E-state index is 0.0628. The van der Waals surface area contributed by atoms with Crippen molar-refractivity contribution in [2.75, 3.05) is 6.61 Å². The van der Waals surface area contributed by atoms with Gasteiger partial charge in [0.05, 0.1) is 18.6 Å². The van der Waals surface area contributed by atoms with Gasteiger partial charge in [-0.2, -0.15) is 0 Å². The highest BCUT2D eigenvalue weighted by Crippen LogP contribution is 2.39. The predicted molar refractivity (Wildman–Crippen MR) is 73.2 cm³/mol. The number of hydrogen-bond donors (Lipinski definition) is 3. The number of carbonyl (C=O) groups is 1. The lowest BCUT2D eigenvalue weighted by molar-refractivity contribution is -0.123. The number of aliphatic hydroxyl groups excluding tert-OH is 1. The number of aromatic hydroxyl groups is 1. The summed E-state index contributed by atoms with van der Waals surface area (Å²) in [6.07, 6.45) is 2.22. The lowest BCUT2D eigenvalue weighted by Crippen LogP contribution is -2.51. The molecule has 0 aliphatic heterocycles. The van der Waals surface area contributed by atoms with E-state index in [4.69, 9.17) is 11.6 Å². The number of carbonyl (C=O) groups excluding carboxylic acids is 1. The Morgan fingerprint density at radius 3 is 2.74 bits per heavy atom. The van der Waals surface area contributed by atoms with Crippen molar-refractivity contribution in [3.8, 4) is 5.75 Å². The normalized spacial score (nSPS) is 17.8. The number of phenolic OH excluding ortho intramolecular Hbond substituents is 1. The van der Waals surface area contributed by atoms with E-state index in [0.29, 0.717) is 16.5 Å². The largest absolute Gasteiger partial charge is 0.508 e. The van der Waals surface area contributed by atoms with Crippen molar-refractivity contribution in [3.05, 3.63) is 28.8 Å². The number of halogens is 1. The maximum Gasteiger partial charge on any atom is 0.224 e. The molecule has 104 valence electrons. The van der Waals surface area contributed by atoms with Crippen molar-refractivity contribution in [1.29, 1.82) is 0 Å². The van der Waals surface area contributed by atoms with Gasteiger partial charge in [-0.25, -0.2) is 0 Å². The molecule has 0 spiro atoms. The standard InChI is InChI=1S/C14H18ClNO3/c1-14(8-17,10-3-4-10)16-13(19)6-9-2-5-11(18)7-12(9)15/h2,5,7,10,17-18H,3-4,6,8H2,1H3,(H,16,19). The molecule has 1 aliphatic carbocycles. The van der Waals surface area contributed by atoms with E-state index in [0.717, 1.165) is 12.8 Å². The van der Waals surface area contributed by atoms with Crippen LogP contribution < -0.4 is 5.32 Å². The third kappa shape index (κ3) is 3.39. The van der Waals surface area contributed by atoms with E-state index in [1.807, 2.05) is 6.92 Å². The van der Waals surface area contributed by atoms with E-state index in [9.17, 15) is 15.0 Å². The molecule has 0 heterocycles. The van der Waals surface area contributed by atoms with Crippen molar-refractivity contribution in [2.45, 2.75) is 31.7 Å². The monoisotopic (exact) mass is 283 g/mol. The summed E-state index contributed by atoms with van der Waals surface area (Å²) in [5, 5.41) is 21.9. The third-order valence-corrected chi connectivity index (χ3v) is 3.97. The average Bonchev–Trinajstić information content (AvgIpc) is 3.17. The molecule has 4 nitrogen and oxygen atoms in total. The molecule has 1 aromatic rings. The fourth-order valence-electron chi connectivity index (χ4n) is 2.21. The molecular weight excluding hydrogens is 266 g/mol. The second-order valence-corrected chi connectivity index (χ2v) is 5.76. The average molecular weight is 284 g/mol. The number of aliphatic hydroxyl groups is 1. The first-order valence-electron chi connectivity index (χ1n) is 6.34. The molecule has 1 aliphatic rings. The number of hydrogen-bond acceptors (Lipinski definition) is 3. The van der Waals surface area contributed by atoms with E-state index in [-0.39, 0.29) is 24.7 Å². The summed E-state index contributed by atoms with van der Waals surface area (Å²) in [5.74, 6) is 0.264. The molecule has 0 radical (unpaired) electrons. The maximum absolute atomic E-state index is 12.0. The van der Waals surface area contributed by atoms with Gasteiger partial charge in [0.25, 0.3) is 0 Å². The Bertz CT molecular complexity index is 488. The molecule has 5 heteroatoms. The lowest BCUT2D eigenvalue weighted by atomic mass is 9.96. The summed E-state index contributed by atoms with van der Waals surface area (Å²) >= 11 is 5.96. The number of amides is 1. The topological polar surface area (TPSA) is 69.6 Å². The summed E-state index contributed by atoms with van der Waals surface area (Å²) < 4.78 is 0. The zero-order valence-electron chi connectivity index (χ0n) is 10.8. The highest BCUT2D eigenvalue weighted by Gasteiger charge is 2.42. The summed E-state index contributed by atoms with van der Waals surface area (Å²) in [6, 6.07) is 4.54. The van der Waals surface area contributed by atoms with Crippen molar-refractivity contribution >= 4 is 17.5 Å². The van der Waals surface area contributed by atoms with Gasteiger partial charge >= 0.3 is 0 Å². The SMILES string of the molecule is CC(CO)(NC(=O)Cc1ccc(O)cc1Cl)C1CC1. The Kier molecular flexibility index (Phi) is 4.02. The van der Waals surface area contributed by atoms with Gasteiger partial charge in [-0.1, -0.05) is 17.7 Å². The second kappa shape index (κ2) is 5.39.